The third kappa shape index (κ3) is 9.87. The zero-order chi connectivity index (χ0) is 22.3. The molecule has 2 rings (SSSR count). The Kier molecular flexibility index (Phi) is 11.5. The second-order valence-electron chi connectivity index (χ2n) is 8.25. The highest BCUT2D eigenvalue weighted by Gasteiger charge is 2.08. The van der Waals surface area contributed by atoms with Crippen molar-refractivity contribution >= 4 is 18.1 Å². The van der Waals surface area contributed by atoms with Crippen LogP contribution in [0.1, 0.15) is 87.2 Å². The molecular weight excluding hydrogens is 384 g/mol. The molecule has 0 radical (unpaired) electrons. The first-order valence-electron chi connectivity index (χ1n) is 11.8. The van der Waals surface area contributed by atoms with Crippen molar-refractivity contribution in [2.24, 2.45) is 5.92 Å². The van der Waals surface area contributed by atoms with E-state index in [1.54, 1.807) is 0 Å². The van der Waals surface area contributed by atoms with Crippen LogP contribution in [-0.2, 0) is 4.74 Å². The van der Waals surface area contributed by atoms with E-state index in [9.17, 15) is 4.79 Å². The number of hydrogen-bond acceptors (Lipinski definition) is 3. The first kappa shape index (κ1) is 24.7. The van der Waals surface area contributed by atoms with Crippen LogP contribution in [0.5, 0.6) is 5.75 Å². The van der Waals surface area contributed by atoms with Crippen molar-refractivity contribution < 1.29 is 14.3 Å². The monoisotopic (exact) mass is 422 g/mol. The van der Waals surface area contributed by atoms with Crippen LogP contribution >= 0.6 is 0 Å². The average molecular weight is 423 g/mol. The molecule has 2 aromatic rings. The summed E-state index contributed by atoms with van der Waals surface area (Å²) in [5.74, 6) is 1.05. The van der Waals surface area contributed by atoms with Crippen molar-refractivity contribution in [1.29, 1.82) is 0 Å². The van der Waals surface area contributed by atoms with Crippen molar-refractivity contribution in [1.82, 2.24) is 0 Å². The van der Waals surface area contributed by atoms with Gasteiger partial charge in [0.15, 0.2) is 0 Å². The molecule has 3 heteroatoms. The molecule has 0 saturated carbocycles. The van der Waals surface area contributed by atoms with E-state index in [0.717, 1.165) is 36.3 Å². The maximum absolute atomic E-state index is 12.1. The Morgan fingerprint density at radius 3 is 2.03 bits per heavy atom. The fourth-order valence-corrected chi connectivity index (χ4v) is 3.09. The molecule has 0 aliphatic rings. The molecule has 0 aromatic heterocycles. The van der Waals surface area contributed by atoms with Crippen LogP contribution in [0, 0.1) is 5.92 Å². The van der Waals surface area contributed by atoms with Crippen LogP contribution in [0.15, 0.2) is 48.5 Å². The summed E-state index contributed by atoms with van der Waals surface area (Å²) in [6.45, 7) is 7.67. The van der Waals surface area contributed by atoms with Crippen molar-refractivity contribution in [2.75, 3.05) is 13.2 Å². The Balaban J connectivity index is 1.75. The zero-order valence-corrected chi connectivity index (χ0v) is 19.4. The molecule has 0 aliphatic heterocycles. The number of esters is 1. The summed E-state index contributed by atoms with van der Waals surface area (Å²) >= 11 is 0. The number of carbonyl (C=O) groups is 1. The lowest BCUT2D eigenvalue weighted by Gasteiger charge is -2.09. The minimum atomic E-state index is -0.257. The molecule has 0 unspecified atom stereocenters. The third-order valence-corrected chi connectivity index (χ3v) is 5.46. The number of ether oxygens (including phenoxy) is 2. The summed E-state index contributed by atoms with van der Waals surface area (Å²) in [6.07, 6.45) is 12.7. The van der Waals surface area contributed by atoms with Crippen LogP contribution in [0.4, 0.5) is 0 Å². The standard InChI is InChI=1S/C28H38O3/c1-4-6-7-8-9-10-21-30-27-19-15-25(16-20-27)12-11-24-13-17-26(18-14-24)28(29)31-22-23(3)5-2/h11-20,23H,4-10,21-22H2,1-3H3/t23-/m0/s1. The summed E-state index contributed by atoms with van der Waals surface area (Å²) in [5, 5.41) is 0. The predicted molar refractivity (Wildman–Crippen MR) is 130 cm³/mol. The van der Waals surface area contributed by atoms with Gasteiger partial charge in [0.05, 0.1) is 18.8 Å². The van der Waals surface area contributed by atoms with E-state index >= 15 is 0 Å². The van der Waals surface area contributed by atoms with Crippen molar-refractivity contribution in [2.45, 2.75) is 65.7 Å². The normalized spacial score (nSPS) is 12.1. The van der Waals surface area contributed by atoms with Crippen LogP contribution < -0.4 is 4.74 Å². The Morgan fingerprint density at radius 2 is 1.42 bits per heavy atom. The van der Waals surface area contributed by atoms with Crippen molar-refractivity contribution in [3.63, 3.8) is 0 Å². The van der Waals surface area contributed by atoms with Gasteiger partial charge in [0.2, 0.25) is 0 Å². The summed E-state index contributed by atoms with van der Waals surface area (Å²) < 4.78 is 11.2. The van der Waals surface area contributed by atoms with Gasteiger partial charge in [-0.05, 0) is 47.7 Å². The lowest BCUT2D eigenvalue weighted by molar-refractivity contribution is 0.0447. The van der Waals surface area contributed by atoms with Gasteiger partial charge in [-0.1, -0.05) is 95.7 Å². The Labute approximate surface area is 188 Å². The van der Waals surface area contributed by atoms with E-state index < -0.39 is 0 Å². The summed E-state index contributed by atoms with van der Waals surface area (Å²) in [6, 6.07) is 15.7. The highest BCUT2D eigenvalue weighted by molar-refractivity contribution is 5.89. The summed E-state index contributed by atoms with van der Waals surface area (Å²) in [7, 11) is 0. The molecule has 0 heterocycles. The smallest absolute Gasteiger partial charge is 0.338 e. The molecule has 3 nitrogen and oxygen atoms in total. The molecule has 0 spiro atoms. The fourth-order valence-electron chi connectivity index (χ4n) is 3.09. The Hall–Kier alpha value is -2.55. The highest BCUT2D eigenvalue weighted by atomic mass is 16.5. The third-order valence-electron chi connectivity index (χ3n) is 5.46. The topological polar surface area (TPSA) is 35.5 Å². The van der Waals surface area contributed by atoms with Crippen molar-refractivity contribution in [3.05, 3.63) is 65.2 Å². The molecular formula is C28H38O3. The second-order valence-corrected chi connectivity index (χ2v) is 8.25. The predicted octanol–water partition coefficient (Wildman–Crippen LogP) is 7.80. The number of hydrogen-bond donors (Lipinski definition) is 0. The van der Waals surface area contributed by atoms with Gasteiger partial charge in [-0.3, -0.25) is 0 Å². The van der Waals surface area contributed by atoms with Gasteiger partial charge in [-0.25, -0.2) is 4.79 Å². The Bertz CT molecular complexity index is 775. The quantitative estimate of drug-likeness (QED) is 0.177. The molecule has 0 saturated heterocycles. The van der Waals surface area contributed by atoms with Crippen LogP contribution in [0.25, 0.3) is 12.2 Å². The molecule has 0 N–H and O–H groups in total. The summed E-state index contributed by atoms with van der Waals surface area (Å²) in [4.78, 5) is 12.1. The second kappa shape index (κ2) is 14.5. The van der Waals surface area contributed by atoms with Gasteiger partial charge in [-0.2, -0.15) is 0 Å². The first-order valence-corrected chi connectivity index (χ1v) is 11.8. The van der Waals surface area contributed by atoms with Crippen LogP contribution in [0.2, 0.25) is 0 Å². The zero-order valence-electron chi connectivity index (χ0n) is 19.4. The minimum absolute atomic E-state index is 0.257. The largest absolute Gasteiger partial charge is 0.494 e. The van der Waals surface area contributed by atoms with E-state index in [1.165, 1.54) is 32.1 Å². The van der Waals surface area contributed by atoms with E-state index in [2.05, 4.69) is 39.0 Å². The van der Waals surface area contributed by atoms with E-state index in [1.807, 2.05) is 42.5 Å². The van der Waals surface area contributed by atoms with Crippen LogP contribution in [-0.4, -0.2) is 19.2 Å². The van der Waals surface area contributed by atoms with E-state index in [0.29, 0.717) is 18.1 Å². The Morgan fingerprint density at radius 1 is 0.839 bits per heavy atom. The molecule has 1 atom stereocenters. The molecule has 0 amide bonds. The van der Waals surface area contributed by atoms with Gasteiger partial charge in [0, 0.05) is 0 Å². The SMILES string of the molecule is CCCCCCCCOc1ccc(C=Cc2ccc(C(=O)OC[C@@H](C)CC)cc2)cc1. The van der Waals surface area contributed by atoms with Gasteiger partial charge < -0.3 is 9.47 Å². The van der Waals surface area contributed by atoms with Gasteiger partial charge >= 0.3 is 5.97 Å². The highest BCUT2D eigenvalue weighted by Crippen LogP contribution is 2.16. The van der Waals surface area contributed by atoms with Crippen molar-refractivity contribution in [3.8, 4) is 5.75 Å². The summed E-state index contributed by atoms with van der Waals surface area (Å²) in [5.41, 5.74) is 2.75. The average Bonchev–Trinajstić information content (AvgIpc) is 2.81. The molecule has 31 heavy (non-hydrogen) atoms. The first-order chi connectivity index (χ1) is 15.1. The van der Waals surface area contributed by atoms with Gasteiger partial charge in [0.25, 0.3) is 0 Å². The van der Waals surface area contributed by atoms with Gasteiger partial charge in [0.1, 0.15) is 5.75 Å². The maximum atomic E-state index is 12.1. The fraction of sp³-hybridized carbons (Fsp3) is 0.464. The number of carbonyl (C=O) groups excluding carboxylic acids is 1. The number of unbranched alkanes of at least 4 members (excludes halogenated alkanes) is 5. The molecule has 168 valence electrons. The van der Waals surface area contributed by atoms with Gasteiger partial charge in [-0.15, -0.1) is 0 Å². The lowest BCUT2D eigenvalue weighted by Crippen LogP contribution is -2.11. The van der Waals surface area contributed by atoms with E-state index in [-0.39, 0.29) is 5.97 Å². The molecule has 0 fully saturated rings. The number of rotatable bonds is 14. The van der Waals surface area contributed by atoms with E-state index in [4.69, 9.17) is 9.47 Å². The number of benzene rings is 2. The lowest BCUT2D eigenvalue weighted by atomic mass is 10.1. The molecule has 0 bridgehead atoms. The maximum Gasteiger partial charge on any atom is 0.338 e. The molecule has 0 aliphatic carbocycles. The van der Waals surface area contributed by atoms with Crippen LogP contribution in [0.3, 0.4) is 0 Å². The molecule has 2 aromatic carbocycles. The minimum Gasteiger partial charge on any atom is -0.494 e.